The highest BCUT2D eigenvalue weighted by Crippen LogP contribution is 2.19. The summed E-state index contributed by atoms with van der Waals surface area (Å²) in [5.41, 5.74) is 7.60. The summed E-state index contributed by atoms with van der Waals surface area (Å²) in [5, 5.41) is 2.90. The summed E-state index contributed by atoms with van der Waals surface area (Å²) in [6.07, 6.45) is 0.899. The van der Waals surface area contributed by atoms with E-state index in [1.54, 1.807) is 0 Å². The Balaban J connectivity index is 2.00. The van der Waals surface area contributed by atoms with Crippen LogP contribution in [0.4, 0.5) is 0 Å². The molecule has 0 heterocycles. The summed E-state index contributed by atoms with van der Waals surface area (Å²) in [6.45, 7) is 4.27. The van der Waals surface area contributed by atoms with Crippen LogP contribution >= 0.6 is 0 Å². The van der Waals surface area contributed by atoms with Crippen LogP contribution in [0.15, 0.2) is 24.3 Å². The first kappa shape index (κ1) is 11.1. The zero-order valence-corrected chi connectivity index (χ0v) is 9.73. The van der Waals surface area contributed by atoms with Gasteiger partial charge in [-0.15, -0.1) is 0 Å². The number of rotatable bonds is 3. The van der Waals surface area contributed by atoms with E-state index in [0.717, 1.165) is 6.42 Å². The Morgan fingerprint density at radius 2 is 1.94 bits per heavy atom. The molecule has 0 aromatic heterocycles. The summed E-state index contributed by atoms with van der Waals surface area (Å²) in [4.78, 5) is 11.8. The van der Waals surface area contributed by atoms with E-state index < -0.39 is 0 Å². The van der Waals surface area contributed by atoms with Crippen molar-refractivity contribution < 1.29 is 4.79 Å². The number of hydrogen-bond donors (Lipinski definition) is 2. The molecule has 0 aliphatic heterocycles. The van der Waals surface area contributed by atoms with Gasteiger partial charge in [0, 0.05) is 17.6 Å². The minimum atomic E-state index is -0.0201. The quantitative estimate of drug-likeness (QED) is 0.810. The Kier molecular flexibility index (Phi) is 2.97. The molecule has 1 aliphatic carbocycles. The molecule has 1 aromatic carbocycles. The third-order valence-electron chi connectivity index (χ3n) is 3.00. The maximum atomic E-state index is 11.8. The van der Waals surface area contributed by atoms with Gasteiger partial charge in [0.1, 0.15) is 0 Å². The van der Waals surface area contributed by atoms with Crippen LogP contribution in [-0.4, -0.2) is 18.0 Å². The van der Waals surface area contributed by atoms with Gasteiger partial charge in [-0.05, 0) is 30.0 Å². The van der Waals surface area contributed by atoms with Crippen molar-refractivity contribution in [3.8, 4) is 0 Å². The van der Waals surface area contributed by atoms with Crippen LogP contribution in [0.5, 0.6) is 0 Å². The molecule has 3 heteroatoms. The van der Waals surface area contributed by atoms with E-state index in [2.05, 4.69) is 19.2 Å². The number of hydrogen-bond acceptors (Lipinski definition) is 2. The van der Waals surface area contributed by atoms with Crippen molar-refractivity contribution in [1.82, 2.24) is 5.32 Å². The van der Waals surface area contributed by atoms with E-state index in [1.165, 1.54) is 5.56 Å². The van der Waals surface area contributed by atoms with Crippen LogP contribution in [0.3, 0.4) is 0 Å². The van der Waals surface area contributed by atoms with Gasteiger partial charge in [-0.1, -0.05) is 26.0 Å². The fraction of sp³-hybridized carbons (Fsp3) is 0.462. The van der Waals surface area contributed by atoms with Gasteiger partial charge in [0.25, 0.3) is 5.91 Å². The molecule has 1 aromatic rings. The Morgan fingerprint density at radius 3 is 2.38 bits per heavy atom. The van der Waals surface area contributed by atoms with Crippen LogP contribution in [0, 0.1) is 0 Å². The van der Waals surface area contributed by atoms with E-state index in [4.69, 9.17) is 5.73 Å². The van der Waals surface area contributed by atoms with Crippen LogP contribution in [-0.2, 0) is 0 Å². The van der Waals surface area contributed by atoms with Crippen molar-refractivity contribution in [3.05, 3.63) is 35.4 Å². The van der Waals surface area contributed by atoms with Crippen molar-refractivity contribution in [2.45, 2.75) is 38.3 Å². The molecule has 1 aliphatic rings. The molecule has 16 heavy (non-hydrogen) atoms. The second-order valence-electron chi connectivity index (χ2n) is 4.76. The second kappa shape index (κ2) is 4.26. The molecular formula is C13H18N2O. The predicted molar refractivity (Wildman–Crippen MR) is 64.4 cm³/mol. The zero-order chi connectivity index (χ0) is 11.7. The Bertz CT molecular complexity index is 383. The van der Waals surface area contributed by atoms with E-state index in [1.807, 2.05) is 24.3 Å². The van der Waals surface area contributed by atoms with Crippen LogP contribution < -0.4 is 11.1 Å². The number of nitrogens with one attached hydrogen (secondary N) is 1. The molecule has 1 amide bonds. The number of nitrogens with two attached hydrogens (primary N) is 1. The molecule has 3 N–H and O–H groups in total. The fourth-order valence-electron chi connectivity index (χ4n) is 1.65. The highest BCUT2D eigenvalue weighted by atomic mass is 16.1. The maximum Gasteiger partial charge on any atom is 0.251 e. The molecule has 0 bridgehead atoms. The minimum absolute atomic E-state index is 0.0201. The van der Waals surface area contributed by atoms with Gasteiger partial charge in [0.05, 0.1) is 0 Å². The summed E-state index contributed by atoms with van der Waals surface area (Å²) in [6, 6.07) is 8.09. The first-order valence-corrected chi connectivity index (χ1v) is 5.74. The Hall–Kier alpha value is -1.35. The normalized spacial score (nSPS) is 23.2. The third-order valence-corrected chi connectivity index (χ3v) is 3.00. The molecule has 1 fully saturated rings. The third kappa shape index (κ3) is 2.42. The van der Waals surface area contributed by atoms with Gasteiger partial charge in [-0.2, -0.15) is 0 Å². The summed E-state index contributed by atoms with van der Waals surface area (Å²) >= 11 is 0. The lowest BCUT2D eigenvalue weighted by atomic mass is 10.0. The first-order valence-electron chi connectivity index (χ1n) is 5.74. The van der Waals surface area contributed by atoms with Gasteiger partial charge in [0.2, 0.25) is 0 Å². The van der Waals surface area contributed by atoms with Gasteiger partial charge >= 0.3 is 0 Å². The first-order chi connectivity index (χ1) is 7.58. The van der Waals surface area contributed by atoms with Crippen LogP contribution in [0.25, 0.3) is 0 Å². The highest BCUT2D eigenvalue weighted by Gasteiger charge is 2.34. The molecule has 86 valence electrons. The van der Waals surface area contributed by atoms with E-state index >= 15 is 0 Å². The molecule has 1 saturated carbocycles. The molecule has 2 rings (SSSR count). The number of carbonyl (C=O) groups is 1. The van der Waals surface area contributed by atoms with Gasteiger partial charge < -0.3 is 11.1 Å². The predicted octanol–water partition coefficient (Wildman–Crippen LogP) is 1.64. The largest absolute Gasteiger partial charge is 0.348 e. The summed E-state index contributed by atoms with van der Waals surface area (Å²) in [7, 11) is 0. The van der Waals surface area contributed by atoms with Crippen molar-refractivity contribution in [2.24, 2.45) is 5.73 Å². The van der Waals surface area contributed by atoms with Gasteiger partial charge in [0.15, 0.2) is 0 Å². The van der Waals surface area contributed by atoms with Crippen molar-refractivity contribution in [2.75, 3.05) is 0 Å². The average molecular weight is 218 g/mol. The number of benzene rings is 1. The lowest BCUT2D eigenvalue weighted by molar-refractivity contribution is 0.0950. The SMILES string of the molecule is CC(C)c1ccc(C(=O)NC2CC2N)cc1. The standard InChI is InChI=1S/C13H18N2O/c1-8(2)9-3-5-10(6-4-9)13(16)15-12-7-11(12)14/h3-6,8,11-12H,7,14H2,1-2H3,(H,15,16). The van der Waals surface area contributed by atoms with E-state index in [0.29, 0.717) is 11.5 Å². The molecular weight excluding hydrogens is 200 g/mol. The fourth-order valence-corrected chi connectivity index (χ4v) is 1.65. The molecule has 3 nitrogen and oxygen atoms in total. The number of carbonyl (C=O) groups excluding carboxylic acids is 1. The van der Waals surface area contributed by atoms with Gasteiger partial charge in [-0.25, -0.2) is 0 Å². The maximum absolute atomic E-state index is 11.8. The minimum Gasteiger partial charge on any atom is -0.348 e. The topological polar surface area (TPSA) is 55.1 Å². The average Bonchev–Trinajstić information content (AvgIpc) is 2.94. The zero-order valence-electron chi connectivity index (χ0n) is 9.73. The summed E-state index contributed by atoms with van der Waals surface area (Å²) < 4.78 is 0. The molecule has 2 atom stereocenters. The molecule has 0 saturated heterocycles. The van der Waals surface area contributed by atoms with Crippen LogP contribution in [0.2, 0.25) is 0 Å². The second-order valence-corrected chi connectivity index (χ2v) is 4.76. The van der Waals surface area contributed by atoms with Crippen LogP contribution in [0.1, 0.15) is 42.1 Å². The summed E-state index contributed by atoms with van der Waals surface area (Å²) in [5.74, 6) is 0.474. The monoisotopic (exact) mass is 218 g/mol. The smallest absolute Gasteiger partial charge is 0.251 e. The molecule has 2 unspecified atom stereocenters. The lowest BCUT2D eigenvalue weighted by Gasteiger charge is -2.07. The van der Waals surface area contributed by atoms with Gasteiger partial charge in [-0.3, -0.25) is 4.79 Å². The Labute approximate surface area is 96.0 Å². The van der Waals surface area contributed by atoms with Crippen molar-refractivity contribution in [3.63, 3.8) is 0 Å². The number of amides is 1. The molecule has 0 radical (unpaired) electrons. The Morgan fingerprint density at radius 1 is 1.38 bits per heavy atom. The highest BCUT2D eigenvalue weighted by molar-refractivity contribution is 5.94. The van der Waals surface area contributed by atoms with Crippen molar-refractivity contribution in [1.29, 1.82) is 0 Å². The lowest BCUT2D eigenvalue weighted by Crippen LogP contribution is -2.29. The molecule has 0 spiro atoms. The van der Waals surface area contributed by atoms with E-state index in [-0.39, 0.29) is 18.0 Å². The van der Waals surface area contributed by atoms with E-state index in [9.17, 15) is 4.79 Å². The van der Waals surface area contributed by atoms with Crippen molar-refractivity contribution >= 4 is 5.91 Å².